The molecule has 182 valence electrons. The first kappa shape index (κ1) is 27.0. The average molecular weight is 568 g/mol. The molecule has 3 aliphatic carbocycles. The lowest BCUT2D eigenvalue weighted by atomic mass is 9.58. The number of aliphatic carboxylic acids is 1. The van der Waals surface area contributed by atoms with Crippen molar-refractivity contribution < 1.29 is 14.7 Å². The number of carboxylic acids is 1. The molecule has 2 saturated carbocycles. The van der Waals surface area contributed by atoms with Gasteiger partial charge >= 0.3 is 5.97 Å². The number of halogens is 6. The van der Waals surface area contributed by atoms with Crippen LogP contribution in [-0.4, -0.2) is 49.1 Å². The minimum Gasteiger partial charge on any atom is -0.481 e. The van der Waals surface area contributed by atoms with Gasteiger partial charge in [0.05, 0.1) is 21.9 Å². The summed E-state index contributed by atoms with van der Waals surface area (Å²) in [5, 5.41) is 10.3. The molecule has 0 spiro atoms. The number of carbonyl (C=O) groups excluding carboxylic acids is 1. The number of nitrogens with zero attached hydrogens (tertiary/aromatic N) is 1. The Morgan fingerprint density at radius 2 is 1.50 bits per heavy atom. The van der Waals surface area contributed by atoms with Crippen molar-refractivity contribution in [2.24, 2.45) is 29.6 Å². The number of hydrogen-bond acceptors (Lipinski definition) is 2. The second-order valence-electron chi connectivity index (χ2n) is 9.36. The van der Waals surface area contributed by atoms with Crippen molar-refractivity contribution in [3.8, 4) is 0 Å². The number of alkyl halides is 4. The number of allylic oxidation sites excluding steroid dienone is 2. The Morgan fingerprint density at radius 3 is 1.97 bits per heavy atom. The normalized spacial score (nSPS) is 39.8. The maximum absolute atomic E-state index is 13.7. The standard InChI is InChI=1S/C22H29Cl6NO3/c1-4-6-8-29(9-7-5-2)18(30)12-10-13-15(11(3)14(12)19(31)32)21(26)17(24)16(23)20(13,25)22(21,27)28/h11-15H,4-10H2,1-3H3,(H,31,32)/t11-,12+,13+,14-,15-,20+,21+/m0/s1. The number of fused-ring (bicyclic) bond motifs is 5. The lowest BCUT2D eigenvalue weighted by Gasteiger charge is -2.49. The van der Waals surface area contributed by atoms with Gasteiger partial charge in [0.1, 0.15) is 9.75 Å². The highest BCUT2D eigenvalue weighted by Crippen LogP contribution is 2.79. The zero-order valence-electron chi connectivity index (χ0n) is 18.3. The van der Waals surface area contributed by atoms with E-state index >= 15 is 0 Å². The zero-order chi connectivity index (χ0) is 24.2. The summed E-state index contributed by atoms with van der Waals surface area (Å²) in [4.78, 5) is 24.9. The molecule has 0 aliphatic heterocycles. The van der Waals surface area contributed by atoms with E-state index in [-0.39, 0.29) is 22.4 Å². The van der Waals surface area contributed by atoms with Crippen molar-refractivity contribution in [3.05, 3.63) is 10.1 Å². The summed E-state index contributed by atoms with van der Waals surface area (Å²) < 4.78 is -1.74. The van der Waals surface area contributed by atoms with Gasteiger partial charge in [0, 0.05) is 13.1 Å². The molecule has 0 saturated heterocycles. The predicted octanol–water partition coefficient (Wildman–Crippen LogP) is 6.85. The van der Waals surface area contributed by atoms with Gasteiger partial charge in [-0.1, -0.05) is 80.0 Å². The van der Waals surface area contributed by atoms with Crippen LogP contribution >= 0.6 is 69.6 Å². The molecule has 1 amide bonds. The maximum Gasteiger partial charge on any atom is 0.307 e. The van der Waals surface area contributed by atoms with Crippen LogP contribution in [-0.2, 0) is 9.59 Å². The minimum absolute atomic E-state index is 0.0652. The fourth-order valence-corrected chi connectivity index (χ4v) is 9.26. The van der Waals surface area contributed by atoms with Crippen molar-refractivity contribution in [2.75, 3.05) is 13.1 Å². The SMILES string of the molecule is CCCCN(CCCC)C(=O)[C@@H]1C[C@@H]2[C@H]([C@@H](C)[C@@H]1C(=O)O)[C@@]1(Cl)C(Cl)=C(Cl)[C@@]2(Cl)C1(Cl)Cl. The largest absolute Gasteiger partial charge is 0.481 e. The Bertz CT molecular complexity index is 811. The maximum atomic E-state index is 13.7. The monoisotopic (exact) mass is 565 g/mol. The van der Waals surface area contributed by atoms with E-state index in [0.29, 0.717) is 13.1 Å². The molecular formula is C22H29Cl6NO3. The van der Waals surface area contributed by atoms with Gasteiger partial charge in [-0.15, -0.1) is 23.2 Å². The first-order valence-corrected chi connectivity index (χ1v) is 13.4. The summed E-state index contributed by atoms with van der Waals surface area (Å²) in [7, 11) is 0. The Balaban J connectivity index is 2.05. The number of carboxylic acid groups (broad SMARTS) is 1. The Labute approximate surface area is 219 Å². The van der Waals surface area contributed by atoms with Crippen molar-refractivity contribution >= 4 is 81.5 Å². The molecule has 3 rings (SSSR count). The van der Waals surface area contributed by atoms with E-state index in [1.54, 1.807) is 11.8 Å². The first-order chi connectivity index (χ1) is 14.8. The third-order valence-corrected chi connectivity index (χ3v) is 12.0. The highest BCUT2D eigenvalue weighted by atomic mass is 35.5. The molecule has 32 heavy (non-hydrogen) atoms. The van der Waals surface area contributed by atoms with Crippen LogP contribution in [0.15, 0.2) is 10.1 Å². The van der Waals surface area contributed by atoms with Crippen LogP contribution in [0.25, 0.3) is 0 Å². The summed E-state index contributed by atoms with van der Waals surface area (Å²) in [5.41, 5.74) is 0. The zero-order valence-corrected chi connectivity index (χ0v) is 22.9. The summed E-state index contributed by atoms with van der Waals surface area (Å²) in [6.45, 7) is 7.06. The number of hydrogen-bond donors (Lipinski definition) is 1. The molecule has 0 heterocycles. The number of unbranched alkanes of at least 4 members (excludes halogenated alkanes) is 2. The molecule has 3 aliphatic rings. The van der Waals surface area contributed by atoms with E-state index in [1.807, 2.05) is 0 Å². The lowest BCUT2D eigenvalue weighted by molar-refractivity contribution is -0.158. The van der Waals surface area contributed by atoms with Gasteiger partial charge in [-0.25, -0.2) is 0 Å². The van der Waals surface area contributed by atoms with Crippen LogP contribution in [0.5, 0.6) is 0 Å². The lowest BCUT2D eigenvalue weighted by Crippen LogP contribution is -2.54. The highest BCUT2D eigenvalue weighted by Gasteiger charge is 2.84. The van der Waals surface area contributed by atoms with Crippen molar-refractivity contribution in [1.29, 1.82) is 0 Å². The van der Waals surface area contributed by atoms with Crippen LogP contribution in [0.4, 0.5) is 0 Å². The van der Waals surface area contributed by atoms with E-state index < -0.39 is 49.6 Å². The van der Waals surface area contributed by atoms with Crippen LogP contribution in [0, 0.1) is 29.6 Å². The van der Waals surface area contributed by atoms with Crippen LogP contribution in [0.3, 0.4) is 0 Å². The second kappa shape index (κ2) is 9.47. The van der Waals surface area contributed by atoms with E-state index in [9.17, 15) is 14.7 Å². The van der Waals surface area contributed by atoms with Gasteiger partial charge in [-0.05, 0) is 37.0 Å². The van der Waals surface area contributed by atoms with Gasteiger partial charge < -0.3 is 10.0 Å². The van der Waals surface area contributed by atoms with Gasteiger partial charge in [0.25, 0.3) is 0 Å². The Hall–Kier alpha value is 0.420. The minimum atomic E-state index is -1.74. The third-order valence-electron chi connectivity index (χ3n) is 7.70. The van der Waals surface area contributed by atoms with Crippen LogP contribution < -0.4 is 0 Å². The molecule has 2 fully saturated rings. The molecule has 0 aromatic rings. The molecule has 0 aromatic carbocycles. The molecule has 0 radical (unpaired) electrons. The molecule has 10 heteroatoms. The molecule has 4 nitrogen and oxygen atoms in total. The van der Waals surface area contributed by atoms with E-state index in [1.165, 1.54) is 0 Å². The fourth-order valence-electron chi connectivity index (χ4n) is 6.10. The smallest absolute Gasteiger partial charge is 0.307 e. The summed E-state index contributed by atoms with van der Waals surface area (Å²) in [5.74, 6) is -4.54. The number of carbonyl (C=O) groups is 2. The van der Waals surface area contributed by atoms with Gasteiger partial charge in [-0.2, -0.15) is 0 Å². The van der Waals surface area contributed by atoms with Crippen molar-refractivity contribution in [2.45, 2.75) is 67.0 Å². The molecule has 0 unspecified atom stereocenters. The molecule has 7 atom stereocenters. The predicted molar refractivity (Wildman–Crippen MR) is 132 cm³/mol. The Morgan fingerprint density at radius 1 is 1.00 bits per heavy atom. The van der Waals surface area contributed by atoms with Gasteiger partial charge in [-0.3, -0.25) is 9.59 Å². The van der Waals surface area contributed by atoms with Crippen LogP contribution in [0.1, 0.15) is 52.9 Å². The molecule has 1 N–H and O–H groups in total. The topological polar surface area (TPSA) is 57.6 Å². The Kier molecular flexibility index (Phi) is 7.99. The van der Waals surface area contributed by atoms with Crippen molar-refractivity contribution in [1.82, 2.24) is 4.90 Å². The van der Waals surface area contributed by atoms with Gasteiger partial charge in [0.2, 0.25) is 5.91 Å². The van der Waals surface area contributed by atoms with Crippen molar-refractivity contribution in [3.63, 3.8) is 0 Å². The number of amides is 1. The third kappa shape index (κ3) is 3.53. The van der Waals surface area contributed by atoms with Crippen LogP contribution in [0.2, 0.25) is 0 Å². The summed E-state index contributed by atoms with van der Waals surface area (Å²) >= 11 is 40.5. The van der Waals surface area contributed by atoms with E-state index in [2.05, 4.69) is 13.8 Å². The molecular weight excluding hydrogens is 539 g/mol. The van der Waals surface area contributed by atoms with Gasteiger partial charge in [0.15, 0.2) is 4.33 Å². The van der Waals surface area contributed by atoms with E-state index in [0.717, 1.165) is 25.7 Å². The fraction of sp³-hybridized carbons (Fsp3) is 0.818. The quantitative estimate of drug-likeness (QED) is 0.326. The first-order valence-electron chi connectivity index (χ1n) is 11.2. The highest BCUT2D eigenvalue weighted by molar-refractivity contribution is 6.65. The van der Waals surface area contributed by atoms with E-state index in [4.69, 9.17) is 69.6 Å². The summed E-state index contributed by atoms with van der Waals surface area (Å²) in [6, 6.07) is 0. The molecule has 2 bridgehead atoms. The molecule has 0 aromatic heterocycles. The second-order valence-corrected chi connectivity index (χ2v) is 12.6. The number of rotatable bonds is 8. The average Bonchev–Trinajstić information content (AvgIpc) is 2.93. The summed E-state index contributed by atoms with van der Waals surface area (Å²) in [6.07, 6.45) is 3.75.